The Morgan fingerprint density at radius 3 is 2.56 bits per heavy atom. The summed E-state index contributed by atoms with van der Waals surface area (Å²) in [5.41, 5.74) is 9.46. The third kappa shape index (κ3) is 4.96. The van der Waals surface area contributed by atoms with Crippen molar-refractivity contribution in [2.45, 2.75) is 24.2 Å². The highest BCUT2D eigenvalue weighted by molar-refractivity contribution is 7.98. The van der Waals surface area contributed by atoms with Gasteiger partial charge in [-0.15, -0.1) is 11.8 Å². The predicted molar refractivity (Wildman–Crippen MR) is 104 cm³/mol. The fraction of sp³-hybridized carbons (Fsp3) is 0.368. The van der Waals surface area contributed by atoms with Crippen LogP contribution >= 0.6 is 11.8 Å². The molecule has 3 N–H and O–H groups in total. The Hall–Kier alpha value is -2.05. The first-order valence-corrected chi connectivity index (χ1v) is 9.54. The van der Waals surface area contributed by atoms with Crippen molar-refractivity contribution in [2.75, 3.05) is 26.2 Å². The number of hydrogen-bond acceptors (Lipinski definition) is 4. The zero-order chi connectivity index (χ0) is 17.6. The second kappa shape index (κ2) is 8.36. The van der Waals surface area contributed by atoms with Gasteiger partial charge in [0.15, 0.2) is 5.96 Å². The molecule has 0 aliphatic carbocycles. The van der Waals surface area contributed by atoms with E-state index in [2.05, 4.69) is 47.1 Å². The molecule has 132 valence electrons. The molecular formula is C19H25N5S. The van der Waals surface area contributed by atoms with E-state index in [-0.39, 0.29) is 5.96 Å². The third-order valence-corrected chi connectivity index (χ3v) is 5.57. The van der Waals surface area contributed by atoms with Crippen LogP contribution in [-0.2, 0) is 12.3 Å². The van der Waals surface area contributed by atoms with E-state index in [0.29, 0.717) is 0 Å². The molecule has 0 atom stereocenters. The van der Waals surface area contributed by atoms with E-state index in [0.717, 1.165) is 43.5 Å². The SMILES string of the molecule is Cc1ccc(CSc2ncccc2CN2CCN(C(=N)N)CC2)cc1. The minimum absolute atomic E-state index is 0.176. The number of hydrogen-bond donors (Lipinski definition) is 2. The molecule has 0 spiro atoms. The van der Waals surface area contributed by atoms with Crippen LogP contribution in [0.1, 0.15) is 16.7 Å². The first-order chi connectivity index (χ1) is 12.1. The van der Waals surface area contributed by atoms with Gasteiger partial charge in [-0.05, 0) is 24.1 Å². The summed E-state index contributed by atoms with van der Waals surface area (Å²) in [6, 6.07) is 12.9. The summed E-state index contributed by atoms with van der Waals surface area (Å²) in [5, 5.41) is 8.64. The van der Waals surface area contributed by atoms with E-state index < -0.39 is 0 Å². The van der Waals surface area contributed by atoms with E-state index >= 15 is 0 Å². The van der Waals surface area contributed by atoms with Crippen molar-refractivity contribution < 1.29 is 0 Å². The van der Waals surface area contributed by atoms with Crippen molar-refractivity contribution in [1.29, 1.82) is 5.41 Å². The Morgan fingerprint density at radius 1 is 1.16 bits per heavy atom. The van der Waals surface area contributed by atoms with Crippen LogP contribution in [0.4, 0.5) is 0 Å². The lowest BCUT2D eigenvalue weighted by molar-refractivity contribution is 0.172. The van der Waals surface area contributed by atoms with Crippen LogP contribution in [0, 0.1) is 12.3 Å². The van der Waals surface area contributed by atoms with Gasteiger partial charge in [-0.3, -0.25) is 10.3 Å². The Labute approximate surface area is 153 Å². The molecule has 1 aromatic heterocycles. The molecule has 5 nitrogen and oxygen atoms in total. The normalized spacial score (nSPS) is 15.3. The third-order valence-electron chi connectivity index (χ3n) is 4.45. The summed E-state index contributed by atoms with van der Waals surface area (Å²) in [5.74, 6) is 1.11. The molecular weight excluding hydrogens is 330 g/mol. The number of aromatic nitrogens is 1. The topological polar surface area (TPSA) is 69.2 Å². The largest absolute Gasteiger partial charge is 0.370 e. The molecule has 6 heteroatoms. The highest BCUT2D eigenvalue weighted by Crippen LogP contribution is 2.25. The summed E-state index contributed by atoms with van der Waals surface area (Å²) in [6.45, 7) is 6.51. The smallest absolute Gasteiger partial charge is 0.188 e. The Kier molecular flexibility index (Phi) is 5.94. The molecule has 25 heavy (non-hydrogen) atoms. The maximum Gasteiger partial charge on any atom is 0.188 e. The summed E-state index contributed by atoms with van der Waals surface area (Å²) < 4.78 is 0. The first-order valence-electron chi connectivity index (χ1n) is 8.55. The standard InChI is InChI=1S/C19H25N5S/c1-15-4-6-16(7-5-15)14-25-18-17(3-2-8-22-18)13-23-9-11-24(12-10-23)19(20)21/h2-8H,9-14H2,1H3,(H3,20,21). The summed E-state index contributed by atoms with van der Waals surface area (Å²) in [6.07, 6.45) is 1.87. The van der Waals surface area contributed by atoms with Gasteiger partial charge in [0, 0.05) is 44.7 Å². The lowest BCUT2D eigenvalue weighted by atomic mass is 10.2. The van der Waals surface area contributed by atoms with Crippen LogP contribution < -0.4 is 5.73 Å². The molecule has 1 saturated heterocycles. The average Bonchev–Trinajstić information content (AvgIpc) is 2.63. The van der Waals surface area contributed by atoms with E-state index in [4.69, 9.17) is 11.1 Å². The maximum atomic E-state index is 7.53. The first kappa shape index (κ1) is 17.8. The average molecular weight is 356 g/mol. The lowest BCUT2D eigenvalue weighted by Gasteiger charge is -2.35. The number of nitrogens with zero attached hydrogens (tertiary/aromatic N) is 3. The van der Waals surface area contributed by atoms with Gasteiger partial charge in [-0.25, -0.2) is 4.98 Å². The van der Waals surface area contributed by atoms with Gasteiger partial charge in [0.2, 0.25) is 0 Å². The van der Waals surface area contributed by atoms with Crippen LogP contribution in [0.3, 0.4) is 0 Å². The molecule has 0 unspecified atom stereocenters. The van der Waals surface area contributed by atoms with Crippen molar-refractivity contribution in [3.8, 4) is 0 Å². The number of guanidine groups is 1. The monoisotopic (exact) mass is 355 g/mol. The highest BCUT2D eigenvalue weighted by Gasteiger charge is 2.18. The van der Waals surface area contributed by atoms with Gasteiger partial charge in [-0.2, -0.15) is 0 Å². The van der Waals surface area contributed by atoms with Crippen molar-refractivity contribution >= 4 is 17.7 Å². The predicted octanol–water partition coefficient (Wildman–Crippen LogP) is 2.69. The number of piperazine rings is 1. The summed E-state index contributed by atoms with van der Waals surface area (Å²) in [7, 11) is 0. The van der Waals surface area contributed by atoms with Crippen LogP contribution in [0.5, 0.6) is 0 Å². The van der Waals surface area contributed by atoms with Gasteiger partial charge in [0.1, 0.15) is 5.03 Å². The number of thioether (sulfide) groups is 1. The molecule has 0 amide bonds. The van der Waals surface area contributed by atoms with E-state index in [9.17, 15) is 0 Å². The van der Waals surface area contributed by atoms with E-state index in [1.807, 2.05) is 17.2 Å². The zero-order valence-corrected chi connectivity index (χ0v) is 15.4. The molecule has 0 saturated carbocycles. The quantitative estimate of drug-likeness (QED) is 0.490. The van der Waals surface area contributed by atoms with Gasteiger partial charge in [0.25, 0.3) is 0 Å². The number of rotatable bonds is 5. The van der Waals surface area contributed by atoms with Gasteiger partial charge in [0.05, 0.1) is 0 Å². The van der Waals surface area contributed by atoms with Gasteiger partial charge < -0.3 is 10.6 Å². The minimum atomic E-state index is 0.176. The van der Waals surface area contributed by atoms with Crippen LogP contribution in [-0.4, -0.2) is 46.9 Å². The highest BCUT2D eigenvalue weighted by atomic mass is 32.2. The second-order valence-corrected chi connectivity index (χ2v) is 7.35. The van der Waals surface area contributed by atoms with Crippen LogP contribution in [0.2, 0.25) is 0 Å². The molecule has 1 aromatic carbocycles. The molecule has 1 fully saturated rings. The van der Waals surface area contributed by atoms with E-state index in [1.165, 1.54) is 16.7 Å². The van der Waals surface area contributed by atoms with Crippen molar-refractivity contribution in [2.24, 2.45) is 5.73 Å². The summed E-state index contributed by atoms with van der Waals surface area (Å²) >= 11 is 1.80. The number of nitrogens with one attached hydrogen (secondary N) is 1. The molecule has 1 aliphatic rings. The Bertz CT molecular complexity index is 708. The number of aryl methyl sites for hydroxylation is 1. The Morgan fingerprint density at radius 2 is 1.88 bits per heavy atom. The van der Waals surface area contributed by atoms with Crippen LogP contribution in [0.25, 0.3) is 0 Å². The number of pyridine rings is 1. The maximum absolute atomic E-state index is 7.53. The Balaban J connectivity index is 1.59. The zero-order valence-electron chi connectivity index (χ0n) is 14.6. The summed E-state index contributed by atoms with van der Waals surface area (Å²) in [4.78, 5) is 8.92. The molecule has 0 bridgehead atoms. The second-order valence-electron chi connectivity index (χ2n) is 6.39. The van der Waals surface area contributed by atoms with Gasteiger partial charge in [-0.1, -0.05) is 35.9 Å². The van der Waals surface area contributed by atoms with E-state index in [1.54, 1.807) is 11.8 Å². The lowest BCUT2D eigenvalue weighted by Crippen LogP contribution is -2.50. The number of nitrogens with two attached hydrogens (primary N) is 1. The molecule has 3 rings (SSSR count). The van der Waals surface area contributed by atoms with Crippen molar-refractivity contribution in [3.63, 3.8) is 0 Å². The van der Waals surface area contributed by atoms with Crippen molar-refractivity contribution in [1.82, 2.24) is 14.8 Å². The molecule has 2 aromatic rings. The minimum Gasteiger partial charge on any atom is -0.370 e. The van der Waals surface area contributed by atoms with Crippen LogP contribution in [0.15, 0.2) is 47.6 Å². The fourth-order valence-corrected chi connectivity index (χ4v) is 3.85. The van der Waals surface area contributed by atoms with Gasteiger partial charge >= 0.3 is 0 Å². The van der Waals surface area contributed by atoms with Crippen molar-refractivity contribution in [3.05, 3.63) is 59.3 Å². The fourth-order valence-electron chi connectivity index (χ4n) is 2.90. The number of benzene rings is 1. The molecule has 1 aliphatic heterocycles. The molecule has 0 radical (unpaired) electrons. The molecule has 2 heterocycles.